The molecule has 0 aliphatic carbocycles. The van der Waals surface area contributed by atoms with E-state index in [1.807, 2.05) is 54.6 Å². The molecule has 146 valence electrons. The minimum atomic E-state index is 0.0519. The van der Waals surface area contributed by atoms with Crippen molar-refractivity contribution in [3.8, 4) is 5.75 Å². The number of aryl methyl sites for hydroxylation is 2. The maximum absolute atomic E-state index is 12.8. The molecule has 1 aromatic carbocycles. The lowest BCUT2D eigenvalue weighted by Gasteiger charge is -2.34. The monoisotopic (exact) mass is 398 g/mol. The number of benzene rings is 1. The summed E-state index contributed by atoms with van der Waals surface area (Å²) < 4.78 is 11.0. The van der Waals surface area contributed by atoms with Crippen molar-refractivity contribution in [2.24, 2.45) is 0 Å². The molecule has 4 rings (SSSR count). The van der Waals surface area contributed by atoms with Crippen LogP contribution in [-0.2, 0) is 6.61 Å². The number of carbonyl (C=O) groups is 1. The summed E-state index contributed by atoms with van der Waals surface area (Å²) in [5, 5.41) is 6.92. The number of amides is 1. The Labute approximate surface area is 167 Å². The summed E-state index contributed by atoms with van der Waals surface area (Å²) in [5.41, 5.74) is 2.46. The number of nitrogens with zero attached hydrogens (tertiary/aromatic N) is 4. The van der Waals surface area contributed by atoms with Crippen LogP contribution in [0, 0.1) is 13.8 Å². The van der Waals surface area contributed by atoms with Crippen molar-refractivity contribution in [2.75, 3.05) is 31.1 Å². The predicted octanol–water partition coefficient (Wildman–Crippen LogP) is 3.29. The largest absolute Gasteiger partial charge is 0.489 e. The number of hydrogen-bond acceptors (Lipinski definition) is 7. The van der Waals surface area contributed by atoms with Crippen molar-refractivity contribution in [1.82, 2.24) is 15.0 Å². The first-order valence-corrected chi connectivity index (χ1v) is 10.1. The maximum Gasteiger partial charge on any atom is 0.253 e. The standard InChI is InChI=1S/C20H22N4O3S/c1-14-18(15(2)27-22-14)13-26-17-5-3-16(4-6-17)19(25)23-8-10-24(11-9-23)20-21-7-12-28-20/h3-7,12H,8-11,13H2,1-2H3. The van der Waals surface area contributed by atoms with Gasteiger partial charge in [-0.3, -0.25) is 4.79 Å². The van der Waals surface area contributed by atoms with Gasteiger partial charge in [-0.25, -0.2) is 4.98 Å². The number of thiazole rings is 1. The van der Waals surface area contributed by atoms with Crippen LogP contribution in [0.15, 0.2) is 40.4 Å². The van der Waals surface area contributed by atoms with E-state index in [4.69, 9.17) is 9.26 Å². The fourth-order valence-corrected chi connectivity index (χ4v) is 3.91. The number of rotatable bonds is 5. The average molecular weight is 398 g/mol. The highest BCUT2D eigenvalue weighted by molar-refractivity contribution is 7.13. The Hall–Kier alpha value is -2.87. The third kappa shape index (κ3) is 3.87. The van der Waals surface area contributed by atoms with Crippen LogP contribution in [0.4, 0.5) is 5.13 Å². The number of anilines is 1. The van der Waals surface area contributed by atoms with E-state index in [0.29, 0.717) is 31.0 Å². The molecule has 1 aliphatic rings. The number of piperazine rings is 1. The molecule has 3 heterocycles. The molecular formula is C20H22N4O3S. The van der Waals surface area contributed by atoms with E-state index in [1.165, 1.54) is 0 Å². The fourth-order valence-electron chi connectivity index (χ4n) is 3.21. The zero-order valence-corrected chi connectivity index (χ0v) is 16.7. The van der Waals surface area contributed by atoms with E-state index < -0.39 is 0 Å². The second kappa shape index (κ2) is 8.02. The molecular weight excluding hydrogens is 376 g/mol. The molecule has 0 N–H and O–H groups in total. The summed E-state index contributed by atoms with van der Waals surface area (Å²) in [6.45, 7) is 7.16. The lowest BCUT2D eigenvalue weighted by atomic mass is 10.1. The van der Waals surface area contributed by atoms with Gasteiger partial charge in [-0.15, -0.1) is 11.3 Å². The van der Waals surface area contributed by atoms with Crippen LogP contribution >= 0.6 is 11.3 Å². The molecule has 0 saturated carbocycles. The quantitative estimate of drug-likeness (QED) is 0.657. The zero-order chi connectivity index (χ0) is 19.5. The van der Waals surface area contributed by atoms with Gasteiger partial charge in [0.15, 0.2) is 5.13 Å². The lowest BCUT2D eigenvalue weighted by Crippen LogP contribution is -2.48. The van der Waals surface area contributed by atoms with Gasteiger partial charge < -0.3 is 19.1 Å². The number of hydrogen-bond donors (Lipinski definition) is 0. The summed E-state index contributed by atoms with van der Waals surface area (Å²) in [7, 11) is 0. The van der Waals surface area contributed by atoms with Gasteiger partial charge >= 0.3 is 0 Å². The number of aromatic nitrogens is 2. The van der Waals surface area contributed by atoms with E-state index in [2.05, 4.69) is 15.0 Å². The molecule has 7 nitrogen and oxygen atoms in total. The highest BCUT2D eigenvalue weighted by atomic mass is 32.1. The van der Waals surface area contributed by atoms with Crippen LogP contribution in [0.25, 0.3) is 0 Å². The molecule has 3 aromatic rings. The fraction of sp³-hybridized carbons (Fsp3) is 0.350. The number of carbonyl (C=O) groups excluding carboxylic acids is 1. The Bertz CT molecular complexity index is 910. The summed E-state index contributed by atoms with van der Waals surface area (Å²) in [5.74, 6) is 1.53. The first-order chi connectivity index (χ1) is 13.6. The predicted molar refractivity (Wildman–Crippen MR) is 107 cm³/mol. The first kappa shape index (κ1) is 18.5. The van der Waals surface area contributed by atoms with Gasteiger partial charge in [0.05, 0.1) is 11.3 Å². The third-order valence-corrected chi connectivity index (χ3v) is 5.75. The van der Waals surface area contributed by atoms with Gasteiger partial charge in [0.1, 0.15) is 18.1 Å². The van der Waals surface area contributed by atoms with Gasteiger partial charge in [0.25, 0.3) is 5.91 Å². The van der Waals surface area contributed by atoms with Crippen LogP contribution < -0.4 is 9.64 Å². The molecule has 1 fully saturated rings. The second-order valence-corrected chi connectivity index (χ2v) is 7.58. The van der Waals surface area contributed by atoms with Gasteiger partial charge in [-0.2, -0.15) is 0 Å². The van der Waals surface area contributed by atoms with E-state index in [1.54, 1.807) is 11.3 Å². The van der Waals surface area contributed by atoms with Gasteiger partial charge in [-0.1, -0.05) is 5.16 Å². The maximum atomic E-state index is 12.8. The molecule has 0 radical (unpaired) electrons. The lowest BCUT2D eigenvalue weighted by molar-refractivity contribution is 0.0746. The minimum Gasteiger partial charge on any atom is -0.489 e. The topological polar surface area (TPSA) is 71.7 Å². The van der Waals surface area contributed by atoms with Crippen LogP contribution in [-0.4, -0.2) is 47.1 Å². The molecule has 0 atom stereocenters. The molecule has 0 unspecified atom stereocenters. The van der Waals surface area contributed by atoms with Gasteiger partial charge in [0.2, 0.25) is 0 Å². The van der Waals surface area contributed by atoms with Crippen molar-refractivity contribution in [2.45, 2.75) is 20.5 Å². The summed E-state index contributed by atoms with van der Waals surface area (Å²) in [6.07, 6.45) is 1.81. The molecule has 28 heavy (non-hydrogen) atoms. The van der Waals surface area contributed by atoms with Crippen LogP contribution in [0.3, 0.4) is 0 Å². The van der Waals surface area contributed by atoms with Crippen molar-refractivity contribution < 1.29 is 14.1 Å². The average Bonchev–Trinajstić information content (AvgIpc) is 3.37. The SMILES string of the molecule is Cc1noc(C)c1COc1ccc(C(=O)N2CCN(c3nccs3)CC2)cc1. The Morgan fingerprint density at radius 2 is 1.93 bits per heavy atom. The molecule has 2 aromatic heterocycles. The molecule has 1 saturated heterocycles. The zero-order valence-electron chi connectivity index (χ0n) is 15.9. The van der Waals surface area contributed by atoms with Crippen LogP contribution in [0.2, 0.25) is 0 Å². The van der Waals surface area contributed by atoms with E-state index in [-0.39, 0.29) is 5.91 Å². The smallest absolute Gasteiger partial charge is 0.253 e. The van der Waals surface area contributed by atoms with Crippen molar-refractivity contribution >= 4 is 22.4 Å². The highest BCUT2D eigenvalue weighted by Crippen LogP contribution is 2.21. The third-order valence-electron chi connectivity index (χ3n) is 4.92. The van der Waals surface area contributed by atoms with E-state index >= 15 is 0 Å². The van der Waals surface area contributed by atoms with Crippen molar-refractivity contribution in [3.05, 3.63) is 58.4 Å². The number of ether oxygens (including phenoxy) is 1. The molecule has 0 spiro atoms. The minimum absolute atomic E-state index is 0.0519. The van der Waals surface area contributed by atoms with Crippen LogP contribution in [0.5, 0.6) is 5.75 Å². The summed E-state index contributed by atoms with van der Waals surface area (Å²) >= 11 is 1.63. The first-order valence-electron chi connectivity index (χ1n) is 9.20. The van der Waals surface area contributed by atoms with Crippen molar-refractivity contribution in [1.29, 1.82) is 0 Å². The summed E-state index contributed by atoms with van der Waals surface area (Å²) in [6, 6.07) is 7.30. The van der Waals surface area contributed by atoms with E-state index in [9.17, 15) is 4.79 Å². The van der Waals surface area contributed by atoms with E-state index in [0.717, 1.165) is 35.2 Å². The highest BCUT2D eigenvalue weighted by Gasteiger charge is 2.23. The van der Waals surface area contributed by atoms with Gasteiger partial charge in [0, 0.05) is 43.3 Å². The molecule has 1 amide bonds. The Kier molecular flexibility index (Phi) is 5.29. The Morgan fingerprint density at radius 3 is 2.54 bits per heavy atom. The Balaban J connectivity index is 1.33. The Morgan fingerprint density at radius 1 is 1.18 bits per heavy atom. The molecule has 8 heteroatoms. The van der Waals surface area contributed by atoms with Crippen LogP contribution in [0.1, 0.15) is 27.4 Å². The summed E-state index contributed by atoms with van der Waals surface area (Å²) in [4.78, 5) is 21.2. The molecule has 1 aliphatic heterocycles. The van der Waals surface area contributed by atoms with Crippen molar-refractivity contribution in [3.63, 3.8) is 0 Å². The second-order valence-electron chi connectivity index (χ2n) is 6.71. The molecule has 0 bridgehead atoms. The van der Waals surface area contributed by atoms with Gasteiger partial charge in [-0.05, 0) is 38.1 Å². The normalized spacial score (nSPS) is 14.4.